The first-order chi connectivity index (χ1) is 12.4. The molecule has 134 valence electrons. The van der Waals surface area contributed by atoms with Gasteiger partial charge in [-0.15, -0.1) is 0 Å². The van der Waals surface area contributed by atoms with E-state index >= 15 is 0 Å². The van der Waals surface area contributed by atoms with Gasteiger partial charge in [-0.1, -0.05) is 48.5 Å². The lowest BCUT2D eigenvalue weighted by Crippen LogP contribution is -2.43. The van der Waals surface area contributed by atoms with Crippen molar-refractivity contribution in [2.24, 2.45) is 0 Å². The molecule has 2 aromatic rings. The minimum atomic E-state index is -1.54. The molecular weight excluding hydrogens is 337 g/mol. The van der Waals surface area contributed by atoms with Gasteiger partial charge in [0.25, 0.3) is 5.91 Å². The number of rotatable bonds is 5. The molecule has 0 bridgehead atoms. The van der Waals surface area contributed by atoms with E-state index < -0.39 is 35.7 Å². The number of halogens is 1. The quantitative estimate of drug-likeness (QED) is 0.804. The fraction of sp³-hybridized carbons (Fsp3) is 0.211. The Kier molecular flexibility index (Phi) is 4.71. The van der Waals surface area contributed by atoms with Gasteiger partial charge >= 0.3 is 6.03 Å². The van der Waals surface area contributed by atoms with Crippen LogP contribution in [0.1, 0.15) is 18.1 Å². The van der Waals surface area contributed by atoms with E-state index in [2.05, 4.69) is 10.6 Å². The van der Waals surface area contributed by atoms with E-state index in [1.807, 2.05) is 30.3 Å². The Labute approximate surface area is 150 Å². The van der Waals surface area contributed by atoms with Crippen molar-refractivity contribution >= 4 is 17.8 Å². The Bertz CT molecular complexity index is 856. The van der Waals surface area contributed by atoms with Crippen molar-refractivity contribution in [1.29, 1.82) is 0 Å². The van der Waals surface area contributed by atoms with Crippen LogP contribution in [0.25, 0.3) is 0 Å². The van der Waals surface area contributed by atoms with Crippen LogP contribution in [0.5, 0.6) is 0 Å². The Morgan fingerprint density at radius 2 is 1.77 bits per heavy atom. The largest absolute Gasteiger partial charge is 0.350 e. The summed E-state index contributed by atoms with van der Waals surface area (Å²) in [5, 5.41) is 5.14. The summed E-state index contributed by atoms with van der Waals surface area (Å²) in [7, 11) is 0. The summed E-state index contributed by atoms with van der Waals surface area (Å²) in [6.45, 7) is 1.28. The first kappa shape index (κ1) is 17.6. The highest BCUT2D eigenvalue weighted by atomic mass is 19.1. The first-order valence-electron chi connectivity index (χ1n) is 8.11. The minimum Gasteiger partial charge on any atom is -0.350 e. The first-order valence-corrected chi connectivity index (χ1v) is 8.11. The Morgan fingerprint density at radius 3 is 2.46 bits per heavy atom. The van der Waals surface area contributed by atoms with Crippen molar-refractivity contribution < 1.29 is 18.8 Å². The normalized spacial score (nSPS) is 19.4. The van der Waals surface area contributed by atoms with Crippen molar-refractivity contribution in [3.63, 3.8) is 0 Å². The summed E-state index contributed by atoms with van der Waals surface area (Å²) in [6, 6.07) is 14.3. The highest BCUT2D eigenvalue weighted by Crippen LogP contribution is 2.30. The van der Waals surface area contributed by atoms with Crippen LogP contribution in [-0.2, 0) is 21.7 Å². The van der Waals surface area contributed by atoms with E-state index in [4.69, 9.17) is 0 Å². The van der Waals surface area contributed by atoms with Crippen LogP contribution in [0, 0.1) is 5.82 Å². The molecule has 0 aromatic heterocycles. The van der Waals surface area contributed by atoms with Crippen LogP contribution in [0.2, 0.25) is 0 Å². The molecule has 1 atom stereocenters. The van der Waals surface area contributed by atoms with Gasteiger partial charge in [-0.25, -0.2) is 9.18 Å². The van der Waals surface area contributed by atoms with Gasteiger partial charge in [0.05, 0.1) is 0 Å². The van der Waals surface area contributed by atoms with Gasteiger partial charge in [0.2, 0.25) is 5.91 Å². The lowest BCUT2D eigenvalue weighted by molar-refractivity contribution is -0.134. The number of benzene rings is 2. The second-order valence-electron chi connectivity index (χ2n) is 6.19. The molecule has 0 radical (unpaired) electrons. The van der Waals surface area contributed by atoms with Gasteiger partial charge in [0.1, 0.15) is 17.9 Å². The molecule has 1 heterocycles. The molecule has 0 spiro atoms. The lowest BCUT2D eigenvalue weighted by atomic mass is 9.91. The molecule has 26 heavy (non-hydrogen) atoms. The van der Waals surface area contributed by atoms with Crippen LogP contribution in [0.4, 0.5) is 9.18 Å². The van der Waals surface area contributed by atoms with Crippen molar-refractivity contribution in [2.75, 3.05) is 6.54 Å². The molecule has 4 amide bonds. The fourth-order valence-electron chi connectivity index (χ4n) is 2.89. The molecule has 0 aliphatic carbocycles. The zero-order chi connectivity index (χ0) is 18.7. The minimum absolute atomic E-state index is 0.0607. The van der Waals surface area contributed by atoms with E-state index in [1.165, 1.54) is 25.1 Å². The monoisotopic (exact) mass is 355 g/mol. The Hall–Kier alpha value is -3.22. The van der Waals surface area contributed by atoms with Crippen molar-refractivity contribution in [3.05, 3.63) is 71.5 Å². The number of amides is 4. The van der Waals surface area contributed by atoms with Gasteiger partial charge in [0.15, 0.2) is 0 Å². The SMILES string of the molecule is C[C@]1(c2ccccc2F)NC(=O)N(CC(=O)NCc2ccccc2)C1=O. The number of carbonyl (C=O) groups is 3. The number of urea groups is 1. The number of hydrogen-bond acceptors (Lipinski definition) is 3. The third-order valence-corrected chi connectivity index (χ3v) is 4.32. The summed E-state index contributed by atoms with van der Waals surface area (Å²) in [6.07, 6.45) is 0. The number of hydrogen-bond donors (Lipinski definition) is 2. The Morgan fingerprint density at radius 1 is 1.12 bits per heavy atom. The lowest BCUT2D eigenvalue weighted by Gasteiger charge is -2.22. The van der Waals surface area contributed by atoms with Gasteiger partial charge in [0, 0.05) is 12.1 Å². The van der Waals surface area contributed by atoms with Crippen molar-refractivity contribution in [2.45, 2.75) is 19.0 Å². The predicted molar refractivity (Wildman–Crippen MR) is 92.3 cm³/mol. The molecule has 3 rings (SSSR count). The predicted octanol–water partition coefficient (Wildman–Crippen LogP) is 1.91. The van der Waals surface area contributed by atoms with Crippen LogP contribution in [0.3, 0.4) is 0 Å². The van der Waals surface area contributed by atoms with Gasteiger partial charge in [-0.2, -0.15) is 0 Å². The molecular formula is C19H18FN3O3. The molecule has 6 nitrogen and oxygen atoms in total. The molecule has 1 aliphatic heterocycles. The van der Waals surface area contributed by atoms with Gasteiger partial charge in [-0.3, -0.25) is 14.5 Å². The van der Waals surface area contributed by atoms with Crippen molar-refractivity contribution in [1.82, 2.24) is 15.5 Å². The summed E-state index contributed by atoms with van der Waals surface area (Å²) in [4.78, 5) is 37.8. The number of imide groups is 1. The number of carbonyl (C=O) groups excluding carboxylic acids is 3. The topological polar surface area (TPSA) is 78.5 Å². The summed E-state index contributed by atoms with van der Waals surface area (Å²) >= 11 is 0. The molecule has 1 aliphatic rings. The summed E-state index contributed by atoms with van der Waals surface area (Å²) in [5.41, 5.74) is -0.581. The van der Waals surface area contributed by atoms with E-state index in [1.54, 1.807) is 6.07 Å². The van der Waals surface area contributed by atoms with Crippen LogP contribution >= 0.6 is 0 Å². The zero-order valence-electron chi connectivity index (χ0n) is 14.2. The third-order valence-electron chi connectivity index (χ3n) is 4.32. The standard InChI is InChI=1S/C19H18FN3O3/c1-19(14-9-5-6-10-15(14)20)17(25)23(18(26)22-19)12-16(24)21-11-13-7-3-2-4-8-13/h2-10H,11-12H2,1H3,(H,21,24)(H,22,26)/t19-/m1/s1. The average molecular weight is 355 g/mol. The van der Waals surface area contributed by atoms with Gasteiger partial charge < -0.3 is 10.6 Å². The molecule has 0 unspecified atom stereocenters. The molecule has 2 aromatic carbocycles. The van der Waals surface area contributed by atoms with Gasteiger partial charge in [-0.05, 0) is 18.6 Å². The molecule has 0 saturated carbocycles. The summed E-state index contributed by atoms with van der Waals surface area (Å²) in [5.74, 6) is -1.74. The van der Waals surface area contributed by atoms with Crippen LogP contribution in [-0.4, -0.2) is 29.3 Å². The maximum atomic E-state index is 14.1. The van der Waals surface area contributed by atoms with E-state index in [0.717, 1.165) is 10.5 Å². The highest BCUT2D eigenvalue weighted by Gasteiger charge is 2.50. The summed E-state index contributed by atoms with van der Waals surface area (Å²) < 4.78 is 14.1. The van der Waals surface area contributed by atoms with Crippen LogP contribution in [0.15, 0.2) is 54.6 Å². The number of nitrogens with zero attached hydrogens (tertiary/aromatic N) is 1. The third kappa shape index (κ3) is 3.28. The van der Waals surface area contributed by atoms with E-state index in [0.29, 0.717) is 0 Å². The van der Waals surface area contributed by atoms with E-state index in [9.17, 15) is 18.8 Å². The van der Waals surface area contributed by atoms with Crippen molar-refractivity contribution in [3.8, 4) is 0 Å². The smallest absolute Gasteiger partial charge is 0.325 e. The molecule has 1 fully saturated rings. The van der Waals surface area contributed by atoms with Crippen LogP contribution < -0.4 is 10.6 Å². The maximum Gasteiger partial charge on any atom is 0.325 e. The second kappa shape index (κ2) is 6.95. The fourth-order valence-corrected chi connectivity index (χ4v) is 2.89. The average Bonchev–Trinajstić information content (AvgIpc) is 2.85. The zero-order valence-corrected chi connectivity index (χ0v) is 14.2. The Balaban J connectivity index is 1.69. The molecule has 2 N–H and O–H groups in total. The highest BCUT2D eigenvalue weighted by molar-refractivity contribution is 6.09. The maximum absolute atomic E-state index is 14.1. The molecule has 1 saturated heterocycles. The molecule has 7 heteroatoms. The second-order valence-corrected chi connectivity index (χ2v) is 6.19. The number of nitrogens with one attached hydrogen (secondary N) is 2. The van der Waals surface area contributed by atoms with E-state index in [-0.39, 0.29) is 12.1 Å².